The van der Waals surface area contributed by atoms with Crippen LogP contribution in [-0.2, 0) is 0 Å². The van der Waals surface area contributed by atoms with Crippen molar-refractivity contribution in [1.29, 1.82) is 0 Å². The smallest absolute Gasteiger partial charge is 0.0962 e. The number of likely N-dealkylation sites (tertiary alicyclic amines) is 1. The van der Waals surface area contributed by atoms with Gasteiger partial charge in [-0.3, -0.25) is 4.90 Å². The van der Waals surface area contributed by atoms with Gasteiger partial charge in [-0.2, -0.15) is 0 Å². The van der Waals surface area contributed by atoms with Crippen LogP contribution >= 0.6 is 11.8 Å². The SMILES string of the molecule is CCN1CCCC1c1ccc(SC2CCCCC2)nc1. The van der Waals surface area contributed by atoms with Gasteiger partial charge in [-0.25, -0.2) is 4.98 Å². The fraction of sp³-hybridized carbons (Fsp3) is 0.706. The fourth-order valence-electron chi connectivity index (χ4n) is 3.59. The molecule has 1 aromatic heterocycles. The van der Waals surface area contributed by atoms with E-state index in [1.165, 1.54) is 62.1 Å². The van der Waals surface area contributed by atoms with E-state index in [0.717, 1.165) is 11.8 Å². The molecule has 0 N–H and O–H groups in total. The minimum absolute atomic E-state index is 0.612. The number of thioether (sulfide) groups is 1. The van der Waals surface area contributed by atoms with Gasteiger partial charge < -0.3 is 0 Å². The summed E-state index contributed by atoms with van der Waals surface area (Å²) in [6.07, 6.45) is 11.7. The molecular weight excluding hydrogens is 264 g/mol. The van der Waals surface area contributed by atoms with Crippen molar-refractivity contribution in [3.63, 3.8) is 0 Å². The summed E-state index contributed by atoms with van der Waals surface area (Å²) in [5.41, 5.74) is 1.41. The molecule has 3 heteroatoms. The molecule has 0 spiro atoms. The summed E-state index contributed by atoms with van der Waals surface area (Å²) in [5, 5.41) is 2.03. The van der Waals surface area contributed by atoms with Crippen molar-refractivity contribution >= 4 is 11.8 Å². The molecule has 2 nitrogen and oxygen atoms in total. The van der Waals surface area contributed by atoms with Crippen LogP contribution in [0.15, 0.2) is 23.4 Å². The van der Waals surface area contributed by atoms with Crippen LogP contribution < -0.4 is 0 Å². The van der Waals surface area contributed by atoms with Crippen LogP contribution in [0, 0.1) is 0 Å². The Morgan fingerprint density at radius 2 is 2.00 bits per heavy atom. The number of rotatable bonds is 4. The molecule has 2 aliphatic rings. The first-order chi connectivity index (χ1) is 9.86. The molecule has 1 atom stereocenters. The molecule has 1 aliphatic carbocycles. The summed E-state index contributed by atoms with van der Waals surface area (Å²) in [7, 11) is 0. The van der Waals surface area contributed by atoms with Gasteiger partial charge in [0.1, 0.15) is 0 Å². The fourth-order valence-corrected chi connectivity index (χ4v) is 4.77. The largest absolute Gasteiger partial charge is 0.297 e. The van der Waals surface area contributed by atoms with Crippen LogP contribution in [0.4, 0.5) is 0 Å². The van der Waals surface area contributed by atoms with E-state index in [-0.39, 0.29) is 0 Å². The summed E-state index contributed by atoms with van der Waals surface area (Å²) < 4.78 is 0. The van der Waals surface area contributed by atoms with Crippen LogP contribution in [-0.4, -0.2) is 28.2 Å². The third kappa shape index (κ3) is 3.37. The minimum atomic E-state index is 0.612. The Balaban J connectivity index is 1.62. The molecule has 1 aromatic rings. The molecule has 1 aliphatic heterocycles. The lowest BCUT2D eigenvalue weighted by Crippen LogP contribution is -2.22. The Hall–Kier alpha value is -0.540. The Labute approximate surface area is 127 Å². The van der Waals surface area contributed by atoms with E-state index >= 15 is 0 Å². The summed E-state index contributed by atoms with van der Waals surface area (Å²) in [6, 6.07) is 5.18. The van der Waals surface area contributed by atoms with E-state index in [9.17, 15) is 0 Å². The van der Waals surface area contributed by atoms with E-state index in [0.29, 0.717) is 6.04 Å². The molecule has 1 saturated heterocycles. The van der Waals surface area contributed by atoms with E-state index < -0.39 is 0 Å². The molecule has 20 heavy (non-hydrogen) atoms. The quantitative estimate of drug-likeness (QED) is 0.802. The molecule has 1 saturated carbocycles. The standard InChI is InChI=1S/C17H26N2S/c1-2-19-12-6-9-16(19)14-10-11-17(18-13-14)20-15-7-4-3-5-8-15/h10-11,13,15-16H,2-9,12H2,1H3. The topological polar surface area (TPSA) is 16.1 Å². The van der Waals surface area contributed by atoms with Crippen LogP contribution in [0.5, 0.6) is 0 Å². The number of hydrogen-bond acceptors (Lipinski definition) is 3. The van der Waals surface area contributed by atoms with Gasteiger partial charge in [0, 0.05) is 17.5 Å². The second-order valence-electron chi connectivity index (χ2n) is 6.09. The molecule has 0 aromatic carbocycles. The first-order valence-electron chi connectivity index (χ1n) is 8.23. The lowest BCUT2D eigenvalue weighted by Gasteiger charge is -2.23. The minimum Gasteiger partial charge on any atom is -0.297 e. The maximum atomic E-state index is 4.72. The van der Waals surface area contributed by atoms with Crippen LogP contribution in [0.25, 0.3) is 0 Å². The van der Waals surface area contributed by atoms with E-state index in [4.69, 9.17) is 4.98 Å². The van der Waals surface area contributed by atoms with E-state index in [2.05, 4.69) is 30.2 Å². The number of nitrogens with zero attached hydrogens (tertiary/aromatic N) is 2. The zero-order valence-electron chi connectivity index (χ0n) is 12.6. The van der Waals surface area contributed by atoms with Gasteiger partial charge in [0.25, 0.3) is 0 Å². The number of pyridine rings is 1. The van der Waals surface area contributed by atoms with Crippen molar-refractivity contribution in [3.8, 4) is 0 Å². The van der Waals surface area contributed by atoms with Gasteiger partial charge in [0.05, 0.1) is 5.03 Å². The summed E-state index contributed by atoms with van der Waals surface area (Å²) in [6.45, 7) is 4.67. The molecule has 2 heterocycles. The zero-order valence-corrected chi connectivity index (χ0v) is 13.4. The highest BCUT2D eigenvalue weighted by Crippen LogP contribution is 2.34. The van der Waals surface area contributed by atoms with Crippen LogP contribution in [0.1, 0.15) is 63.5 Å². The predicted octanol–water partition coefficient (Wildman–Crippen LogP) is 4.66. The van der Waals surface area contributed by atoms with Crippen molar-refractivity contribution in [3.05, 3.63) is 23.9 Å². The molecule has 0 radical (unpaired) electrons. The van der Waals surface area contributed by atoms with Crippen LogP contribution in [0.3, 0.4) is 0 Å². The highest BCUT2D eigenvalue weighted by atomic mass is 32.2. The van der Waals surface area contributed by atoms with Crippen molar-refractivity contribution in [2.45, 2.75) is 68.2 Å². The lowest BCUT2D eigenvalue weighted by molar-refractivity contribution is 0.271. The average Bonchev–Trinajstić information content (AvgIpc) is 2.98. The van der Waals surface area contributed by atoms with Gasteiger partial charge >= 0.3 is 0 Å². The Kier molecular flexibility index (Phi) is 5.00. The van der Waals surface area contributed by atoms with Gasteiger partial charge in [0.15, 0.2) is 0 Å². The van der Waals surface area contributed by atoms with Gasteiger partial charge in [-0.05, 0) is 50.4 Å². The maximum Gasteiger partial charge on any atom is 0.0962 e. The second-order valence-corrected chi connectivity index (χ2v) is 7.41. The summed E-state index contributed by atoms with van der Waals surface area (Å²) in [4.78, 5) is 7.30. The molecular formula is C17H26N2S. The van der Waals surface area contributed by atoms with Crippen LogP contribution in [0.2, 0.25) is 0 Å². The molecule has 0 bridgehead atoms. The molecule has 0 amide bonds. The Morgan fingerprint density at radius 1 is 1.15 bits per heavy atom. The van der Waals surface area contributed by atoms with Gasteiger partial charge in [-0.15, -0.1) is 11.8 Å². The molecule has 2 fully saturated rings. The van der Waals surface area contributed by atoms with Gasteiger partial charge in [-0.1, -0.05) is 32.3 Å². The summed E-state index contributed by atoms with van der Waals surface area (Å²) >= 11 is 2.00. The molecule has 1 unspecified atom stereocenters. The highest BCUT2D eigenvalue weighted by molar-refractivity contribution is 7.99. The third-order valence-electron chi connectivity index (χ3n) is 4.75. The van der Waals surface area contributed by atoms with Crippen molar-refractivity contribution < 1.29 is 0 Å². The average molecular weight is 290 g/mol. The summed E-state index contributed by atoms with van der Waals surface area (Å²) in [5.74, 6) is 0. The number of hydrogen-bond donors (Lipinski definition) is 0. The normalized spacial score (nSPS) is 25.1. The highest BCUT2D eigenvalue weighted by Gasteiger charge is 2.24. The van der Waals surface area contributed by atoms with Crippen molar-refractivity contribution in [2.75, 3.05) is 13.1 Å². The maximum absolute atomic E-state index is 4.72. The Morgan fingerprint density at radius 3 is 2.70 bits per heavy atom. The van der Waals surface area contributed by atoms with Gasteiger partial charge in [0.2, 0.25) is 0 Å². The first kappa shape index (κ1) is 14.4. The molecule has 110 valence electrons. The number of aromatic nitrogens is 1. The predicted molar refractivity (Wildman–Crippen MR) is 86.2 cm³/mol. The van der Waals surface area contributed by atoms with Crippen molar-refractivity contribution in [2.24, 2.45) is 0 Å². The Bertz CT molecular complexity index is 412. The lowest BCUT2D eigenvalue weighted by atomic mass is 10.0. The third-order valence-corrected chi connectivity index (χ3v) is 6.04. The monoisotopic (exact) mass is 290 g/mol. The second kappa shape index (κ2) is 6.95. The molecule has 3 rings (SSSR count). The van der Waals surface area contributed by atoms with E-state index in [1.807, 2.05) is 11.8 Å². The first-order valence-corrected chi connectivity index (χ1v) is 9.11. The van der Waals surface area contributed by atoms with E-state index in [1.54, 1.807) is 0 Å². The van der Waals surface area contributed by atoms with Crippen molar-refractivity contribution in [1.82, 2.24) is 9.88 Å². The zero-order chi connectivity index (χ0) is 13.8.